The molecule has 1 amide bonds. The van der Waals surface area contributed by atoms with Crippen LogP contribution in [0.2, 0.25) is 0 Å². The van der Waals surface area contributed by atoms with Crippen molar-refractivity contribution in [3.8, 4) is 22.9 Å². The number of nitrogens with zero attached hydrogens (tertiary/aromatic N) is 2. The Morgan fingerprint density at radius 3 is 2.52 bits per heavy atom. The summed E-state index contributed by atoms with van der Waals surface area (Å²) in [4.78, 5) is 16.4. The quantitative estimate of drug-likeness (QED) is 0.517. The number of carbonyl (C=O) groups is 1. The highest BCUT2D eigenvalue weighted by molar-refractivity contribution is 5.93. The fourth-order valence-corrected chi connectivity index (χ4v) is 2.78. The van der Waals surface area contributed by atoms with Crippen molar-refractivity contribution in [1.82, 2.24) is 15.5 Å². The molecule has 1 heterocycles. The van der Waals surface area contributed by atoms with Crippen molar-refractivity contribution in [3.63, 3.8) is 0 Å². The first-order valence-corrected chi connectivity index (χ1v) is 9.18. The van der Waals surface area contributed by atoms with Crippen LogP contribution in [0, 0.1) is 6.92 Å². The van der Waals surface area contributed by atoms with Crippen LogP contribution in [0.5, 0.6) is 11.5 Å². The lowest BCUT2D eigenvalue weighted by Gasteiger charge is -2.06. The van der Waals surface area contributed by atoms with E-state index in [1.165, 1.54) is 0 Å². The van der Waals surface area contributed by atoms with Crippen LogP contribution >= 0.6 is 0 Å². The Balaban J connectivity index is 1.38. The molecule has 144 valence electrons. The Hall–Kier alpha value is -3.93. The number of hydrogen-bond donors (Lipinski definition) is 1. The van der Waals surface area contributed by atoms with E-state index in [2.05, 4.69) is 15.5 Å². The Morgan fingerprint density at radius 1 is 0.966 bits per heavy atom. The standard InChI is InChI=1S/C23H19N3O3/c1-16-6-5-9-20(14-16)28-19-12-10-17(11-13-19)22-25-21(29-26-22)15-24-23(27)18-7-3-2-4-8-18/h2-14H,15H2,1H3,(H,24,27). The van der Waals surface area contributed by atoms with Crippen molar-refractivity contribution in [3.05, 3.63) is 95.9 Å². The summed E-state index contributed by atoms with van der Waals surface area (Å²) in [5.74, 6) is 2.11. The second-order valence-electron chi connectivity index (χ2n) is 6.50. The molecule has 0 fully saturated rings. The van der Waals surface area contributed by atoms with Gasteiger partial charge in [0.1, 0.15) is 11.5 Å². The minimum absolute atomic E-state index is 0.162. The summed E-state index contributed by atoms with van der Waals surface area (Å²) in [7, 11) is 0. The predicted molar refractivity (Wildman–Crippen MR) is 109 cm³/mol. The van der Waals surface area contributed by atoms with Gasteiger partial charge in [0.05, 0.1) is 6.54 Å². The molecule has 6 heteroatoms. The van der Waals surface area contributed by atoms with Gasteiger partial charge < -0.3 is 14.6 Å². The highest BCUT2D eigenvalue weighted by atomic mass is 16.5. The summed E-state index contributed by atoms with van der Waals surface area (Å²) >= 11 is 0. The summed E-state index contributed by atoms with van der Waals surface area (Å²) in [6, 6.07) is 24.3. The Bertz CT molecular complexity index is 1110. The van der Waals surface area contributed by atoms with Gasteiger partial charge in [0.15, 0.2) is 0 Å². The van der Waals surface area contributed by atoms with Crippen LogP contribution in [0.3, 0.4) is 0 Å². The minimum Gasteiger partial charge on any atom is -0.457 e. The maximum Gasteiger partial charge on any atom is 0.251 e. The van der Waals surface area contributed by atoms with E-state index in [0.717, 1.165) is 22.6 Å². The third-order valence-electron chi connectivity index (χ3n) is 4.24. The van der Waals surface area contributed by atoms with E-state index in [1.54, 1.807) is 12.1 Å². The van der Waals surface area contributed by atoms with Crippen molar-refractivity contribution < 1.29 is 14.1 Å². The highest BCUT2D eigenvalue weighted by Crippen LogP contribution is 2.25. The average molecular weight is 385 g/mol. The molecule has 29 heavy (non-hydrogen) atoms. The summed E-state index contributed by atoms with van der Waals surface area (Å²) < 4.78 is 11.1. The van der Waals surface area contributed by atoms with Gasteiger partial charge in [0.2, 0.25) is 11.7 Å². The molecule has 0 unspecified atom stereocenters. The molecular formula is C23H19N3O3. The highest BCUT2D eigenvalue weighted by Gasteiger charge is 2.11. The Morgan fingerprint density at radius 2 is 1.76 bits per heavy atom. The van der Waals surface area contributed by atoms with Crippen molar-refractivity contribution in [2.75, 3.05) is 0 Å². The van der Waals surface area contributed by atoms with Gasteiger partial charge in [-0.25, -0.2) is 0 Å². The number of aromatic nitrogens is 2. The first kappa shape index (κ1) is 18.4. The van der Waals surface area contributed by atoms with Gasteiger partial charge in [0, 0.05) is 11.1 Å². The fraction of sp³-hybridized carbons (Fsp3) is 0.0870. The van der Waals surface area contributed by atoms with Crippen LogP contribution in [0.15, 0.2) is 83.4 Å². The molecule has 0 aliphatic heterocycles. The van der Waals surface area contributed by atoms with E-state index in [4.69, 9.17) is 9.26 Å². The summed E-state index contributed by atoms with van der Waals surface area (Å²) in [5.41, 5.74) is 2.51. The minimum atomic E-state index is -0.192. The summed E-state index contributed by atoms with van der Waals surface area (Å²) in [6.07, 6.45) is 0. The number of hydrogen-bond acceptors (Lipinski definition) is 5. The van der Waals surface area contributed by atoms with Gasteiger partial charge >= 0.3 is 0 Å². The van der Waals surface area contributed by atoms with E-state index in [1.807, 2.05) is 73.7 Å². The summed E-state index contributed by atoms with van der Waals surface area (Å²) in [5, 5.41) is 6.75. The molecule has 0 aliphatic carbocycles. The number of amides is 1. The lowest BCUT2D eigenvalue weighted by Crippen LogP contribution is -2.22. The topological polar surface area (TPSA) is 77.3 Å². The number of benzene rings is 3. The Labute approximate surface area is 168 Å². The first-order chi connectivity index (χ1) is 14.2. The zero-order valence-electron chi connectivity index (χ0n) is 15.8. The predicted octanol–water partition coefficient (Wildman–Crippen LogP) is 4.77. The summed E-state index contributed by atoms with van der Waals surface area (Å²) in [6.45, 7) is 2.18. The molecule has 0 bridgehead atoms. The largest absolute Gasteiger partial charge is 0.457 e. The normalized spacial score (nSPS) is 10.5. The molecule has 0 spiro atoms. The van der Waals surface area contributed by atoms with Gasteiger partial charge in [-0.2, -0.15) is 4.98 Å². The molecule has 1 aromatic heterocycles. The molecule has 0 saturated heterocycles. The van der Waals surface area contributed by atoms with Crippen molar-refractivity contribution in [2.45, 2.75) is 13.5 Å². The van der Waals surface area contributed by atoms with Crippen LogP contribution in [-0.4, -0.2) is 16.0 Å². The van der Waals surface area contributed by atoms with Crippen LogP contribution in [0.4, 0.5) is 0 Å². The molecule has 0 saturated carbocycles. The van der Waals surface area contributed by atoms with Crippen molar-refractivity contribution in [2.24, 2.45) is 0 Å². The molecule has 0 aliphatic rings. The third kappa shape index (κ3) is 4.68. The van der Waals surface area contributed by atoms with Gasteiger partial charge in [-0.05, 0) is 61.0 Å². The van der Waals surface area contributed by atoms with E-state index >= 15 is 0 Å². The zero-order valence-corrected chi connectivity index (χ0v) is 15.8. The number of rotatable bonds is 6. The lowest BCUT2D eigenvalue weighted by atomic mass is 10.2. The zero-order chi connectivity index (χ0) is 20.1. The Kier molecular flexibility index (Phi) is 5.33. The average Bonchev–Trinajstić information content (AvgIpc) is 3.22. The lowest BCUT2D eigenvalue weighted by molar-refractivity contribution is 0.0946. The third-order valence-corrected chi connectivity index (χ3v) is 4.24. The van der Waals surface area contributed by atoms with Gasteiger partial charge in [-0.3, -0.25) is 4.79 Å². The van der Waals surface area contributed by atoms with E-state index in [9.17, 15) is 4.79 Å². The van der Waals surface area contributed by atoms with E-state index < -0.39 is 0 Å². The molecule has 0 radical (unpaired) electrons. The number of carbonyl (C=O) groups excluding carboxylic acids is 1. The van der Waals surface area contributed by atoms with Crippen LogP contribution < -0.4 is 10.1 Å². The fourth-order valence-electron chi connectivity index (χ4n) is 2.78. The molecule has 4 aromatic rings. The second kappa shape index (κ2) is 8.39. The number of aryl methyl sites for hydroxylation is 1. The van der Waals surface area contributed by atoms with Gasteiger partial charge in [-0.1, -0.05) is 35.5 Å². The molecule has 0 atom stereocenters. The van der Waals surface area contributed by atoms with Gasteiger partial charge in [-0.15, -0.1) is 0 Å². The molecule has 6 nitrogen and oxygen atoms in total. The maximum atomic E-state index is 12.1. The smallest absolute Gasteiger partial charge is 0.251 e. The molecular weight excluding hydrogens is 366 g/mol. The maximum absolute atomic E-state index is 12.1. The number of ether oxygens (including phenoxy) is 1. The second-order valence-corrected chi connectivity index (χ2v) is 6.50. The SMILES string of the molecule is Cc1cccc(Oc2ccc(-c3noc(CNC(=O)c4ccccc4)n3)cc2)c1. The monoisotopic (exact) mass is 385 g/mol. The number of nitrogens with one attached hydrogen (secondary N) is 1. The first-order valence-electron chi connectivity index (χ1n) is 9.18. The van der Waals surface area contributed by atoms with Gasteiger partial charge in [0.25, 0.3) is 5.91 Å². The van der Waals surface area contributed by atoms with Crippen LogP contribution in [0.1, 0.15) is 21.8 Å². The van der Waals surface area contributed by atoms with E-state index in [0.29, 0.717) is 17.3 Å². The van der Waals surface area contributed by atoms with Crippen LogP contribution in [0.25, 0.3) is 11.4 Å². The van der Waals surface area contributed by atoms with Crippen molar-refractivity contribution >= 4 is 5.91 Å². The molecule has 1 N–H and O–H groups in total. The van der Waals surface area contributed by atoms with Crippen LogP contribution in [-0.2, 0) is 6.54 Å². The van der Waals surface area contributed by atoms with E-state index in [-0.39, 0.29) is 12.5 Å². The molecule has 3 aromatic carbocycles. The van der Waals surface area contributed by atoms with Crippen molar-refractivity contribution in [1.29, 1.82) is 0 Å². The molecule has 4 rings (SSSR count).